The highest BCUT2D eigenvalue weighted by atomic mass is 35.7. The van der Waals surface area contributed by atoms with Crippen molar-refractivity contribution in [3.8, 4) is 0 Å². The summed E-state index contributed by atoms with van der Waals surface area (Å²) in [5.41, 5.74) is 0.168. The molecule has 0 aliphatic heterocycles. The van der Waals surface area contributed by atoms with E-state index in [0.29, 0.717) is 0 Å². The zero-order valence-electron chi connectivity index (χ0n) is 8.09. The van der Waals surface area contributed by atoms with E-state index in [2.05, 4.69) is 20.8 Å². The minimum Gasteiger partial charge on any atom is -0.212 e. The van der Waals surface area contributed by atoms with Gasteiger partial charge in [0.25, 0.3) is 0 Å². The minimum absolute atomic E-state index is 0.0752. The molecule has 0 spiro atoms. The molecule has 2 nitrogen and oxygen atoms in total. The maximum absolute atomic E-state index is 10.7. The first-order chi connectivity index (χ1) is 5.10. The van der Waals surface area contributed by atoms with Crippen molar-refractivity contribution < 1.29 is 8.42 Å². The van der Waals surface area contributed by atoms with E-state index >= 15 is 0 Å². The summed E-state index contributed by atoms with van der Waals surface area (Å²) in [4.78, 5) is 0. The Balaban J connectivity index is 4.00. The van der Waals surface area contributed by atoms with Crippen LogP contribution in [0.15, 0.2) is 0 Å². The molecule has 0 bridgehead atoms. The van der Waals surface area contributed by atoms with Crippen LogP contribution in [-0.2, 0) is 9.05 Å². The van der Waals surface area contributed by atoms with Crippen LogP contribution >= 0.6 is 10.7 Å². The average Bonchev–Trinajstić information content (AvgIpc) is 1.49. The molecule has 0 heterocycles. The van der Waals surface area contributed by atoms with Gasteiger partial charge >= 0.3 is 0 Å². The largest absolute Gasteiger partial charge is 0.232 e. The molecule has 0 aromatic rings. The van der Waals surface area contributed by atoms with E-state index in [9.17, 15) is 8.42 Å². The summed E-state index contributed by atoms with van der Waals surface area (Å²) >= 11 is 0. The van der Waals surface area contributed by atoms with Crippen molar-refractivity contribution in [3.63, 3.8) is 0 Å². The van der Waals surface area contributed by atoms with Crippen LogP contribution < -0.4 is 0 Å². The summed E-state index contributed by atoms with van der Waals surface area (Å²) in [7, 11) is 1.81. The first-order valence-corrected chi connectivity index (χ1v) is 6.50. The van der Waals surface area contributed by atoms with Gasteiger partial charge in [0.05, 0.1) is 5.75 Å². The first-order valence-electron chi connectivity index (χ1n) is 4.02. The molecule has 0 saturated carbocycles. The molecule has 4 heteroatoms. The van der Waals surface area contributed by atoms with Crippen LogP contribution in [-0.4, -0.2) is 14.2 Å². The normalized spacial score (nSPS) is 16.1. The SMILES string of the molecule is CC(CC(C)(C)C)CS(=O)(=O)Cl. The molecule has 0 aromatic carbocycles. The molecule has 0 aromatic heterocycles. The Morgan fingerprint density at radius 1 is 1.33 bits per heavy atom. The van der Waals surface area contributed by atoms with Gasteiger partial charge in [-0.15, -0.1) is 0 Å². The van der Waals surface area contributed by atoms with Crippen LogP contribution in [0.5, 0.6) is 0 Å². The summed E-state index contributed by atoms with van der Waals surface area (Å²) in [6.07, 6.45) is 0.874. The van der Waals surface area contributed by atoms with Crippen LogP contribution in [0.2, 0.25) is 0 Å². The Morgan fingerprint density at radius 2 is 1.75 bits per heavy atom. The number of halogens is 1. The number of hydrogen-bond donors (Lipinski definition) is 0. The van der Waals surface area contributed by atoms with E-state index in [1.807, 2.05) is 6.92 Å². The smallest absolute Gasteiger partial charge is 0.212 e. The lowest BCUT2D eigenvalue weighted by Crippen LogP contribution is -2.16. The Labute approximate surface area is 79.7 Å². The van der Waals surface area contributed by atoms with Gasteiger partial charge in [0.2, 0.25) is 9.05 Å². The highest BCUT2D eigenvalue weighted by Crippen LogP contribution is 2.25. The van der Waals surface area contributed by atoms with Gasteiger partial charge in [-0.25, -0.2) is 8.42 Å². The molecular formula is C8H17ClO2S. The van der Waals surface area contributed by atoms with Crippen LogP contribution in [0.4, 0.5) is 0 Å². The van der Waals surface area contributed by atoms with E-state index in [0.717, 1.165) is 6.42 Å². The van der Waals surface area contributed by atoms with Crippen molar-refractivity contribution >= 4 is 19.7 Å². The van der Waals surface area contributed by atoms with E-state index in [1.165, 1.54) is 0 Å². The van der Waals surface area contributed by atoms with Crippen LogP contribution in [0.1, 0.15) is 34.1 Å². The van der Waals surface area contributed by atoms with Crippen molar-refractivity contribution in [2.75, 3.05) is 5.75 Å². The second kappa shape index (κ2) is 3.97. The Hall–Kier alpha value is 0.240. The summed E-state index contributed by atoms with van der Waals surface area (Å²) in [6.45, 7) is 8.17. The van der Waals surface area contributed by atoms with Gasteiger partial charge in [-0.05, 0) is 17.8 Å². The molecule has 0 fully saturated rings. The molecule has 0 amide bonds. The number of hydrogen-bond acceptors (Lipinski definition) is 2. The lowest BCUT2D eigenvalue weighted by atomic mass is 9.86. The first kappa shape index (κ1) is 12.2. The van der Waals surface area contributed by atoms with E-state index < -0.39 is 9.05 Å². The molecular weight excluding hydrogens is 196 g/mol. The Bertz CT molecular complexity index is 226. The van der Waals surface area contributed by atoms with E-state index in [1.54, 1.807) is 0 Å². The van der Waals surface area contributed by atoms with Crippen molar-refractivity contribution in [1.29, 1.82) is 0 Å². The molecule has 0 N–H and O–H groups in total. The van der Waals surface area contributed by atoms with Gasteiger partial charge < -0.3 is 0 Å². The second-order valence-corrected chi connectivity index (χ2v) is 7.40. The summed E-state index contributed by atoms with van der Waals surface area (Å²) < 4.78 is 21.4. The van der Waals surface area contributed by atoms with Crippen molar-refractivity contribution in [3.05, 3.63) is 0 Å². The van der Waals surface area contributed by atoms with Crippen LogP contribution in [0, 0.1) is 11.3 Å². The van der Waals surface area contributed by atoms with Crippen molar-refractivity contribution in [2.24, 2.45) is 11.3 Å². The van der Waals surface area contributed by atoms with E-state index in [4.69, 9.17) is 10.7 Å². The molecule has 0 rings (SSSR count). The lowest BCUT2D eigenvalue weighted by molar-refractivity contribution is 0.321. The monoisotopic (exact) mass is 212 g/mol. The summed E-state index contributed by atoms with van der Waals surface area (Å²) in [5.74, 6) is 0.207. The van der Waals surface area contributed by atoms with Gasteiger partial charge in [0.1, 0.15) is 0 Å². The molecule has 0 saturated heterocycles. The molecule has 0 aliphatic rings. The van der Waals surface area contributed by atoms with Crippen molar-refractivity contribution in [1.82, 2.24) is 0 Å². The molecule has 74 valence electrons. The van der Waals surface area contributed by atoms with Crippen molar-refractivity contribution in [2.45, 2.75) is 34.1 Å². The fraction of sp³-hybridized carbons (Fsp3) is 1.00. The third-order valence-corrected chi connectivity index (χ3v) is 2.79. The van der Waals surface area contributed by atoms with Gasteiger partial charge in [0, 0.05) is 10.7 Å². The highest BCUT2D eigenvalue weighted by molar-refractivity contribution is 8.13. The average molecular weight is 213 g/mol. The Morgan fingerprint density at radius 3 is 2.00 bits per heavy atom. The topological polar surface area (TPSA) is 34.1 Å². The quantitative estimate of drug-likeness (QED) is 0.674. The number of rotatable bonds is 3. The third kappa shape index (κ3) is 8.34. The van der Waals surface area contributed by atoms with E-state index in [-0.39, 0.29) is 17.1 Å². The predicted octanol–water partition coefficient (Wildman–Crippen LogP) is 2.63. The van der Waals surface area contributed by atoms with Gasteiger partial charge in [-0.3, -0.25) is 0 Å². The predicted molar refractivity (Wildman–Crippen MR) is 52.9 cm³/mol. The fourth-order valence-corrected chi connectivity index (χ4v) is 2.89. The minimum atomic E-state index is -3.32. The molecule has 0 radical (unpaired) electrons. The lowest BCUT2D eigenvalue weighted by Gasteiger charge is -2.22. The molecule has 1 atom stereocenters. The van der Waals surface area contributed by atoms with Gasteiger partial charge in [0.15, 0.2) is 0 Å². The van der Waals surface area contributed by atoms with Crippen LogP contribution in [0.3, 0.4) is 0 Å². The summed E-state index contributed by atoms with van der Waals surface area (Å²) in [5, 5.41) is 0. The van der Waals surface area contributed by atoms with Gasteiger partial charge in [-0.2, -0.15) is 0 Å². The maximum atomic E-state index is 10.7. The Kier molecular flexibility index (Phi) is 4.04. The molecule has 1 unspecified atom stereocenters. The summed E-state index contributed by atoms with van der Waals surface area (Å²) in [6, 6.07) is 0. The maximum Gasteiger partial charge on any atom is 0.232 e. The third-order valence-electron chi connectivity index (χ3n) is 1.44. The molecule has 12 heavy (non-hydrogen) atoms. The zero-order chi connectivity index (χ0) is 9.99. The second-order valence-electron chi connectivity index (χ2n) is 4.58. The van der Waals surface area contributed by atoms with Crippen LogP contribution in [0.25, 0.3) is 0 Å². The highest BCUT2D eigenvalue weighted by Gasteiger charge is 2.19. The molecule has 0 aliphatic carbocycles. The van der Waals surface area contributed by atoms with Gasteiger partial charge in [-0.1, -0.05) is 27.7 Å². The standard InChI is InChI=1S/C8H17ClO2S/c1-7(5-8(2,3)4)6-12(9,10)11/h7H,5-6H2,1-4H3. The zero-order valence-corrected chi connectivity index (χ0v) is 9.67. The fourth-order valence-electron chi connectivity index (χ4n) is 1.44.